The highest BCUT2D eigenvalue weighted by atomic mass is 32.2. The first-order chi connectivity index (χ1) is 10.9. The molecule has 1 aliphatic rings. The highest BCUT2D eigenvalue weighted by Gasteiger charge is 2.26. The molecule has 0 saturated carbocycles. The van der Waals surface area contributed by atoms with E-state index in [1.807, 2.05) is 32.9 Å². The zero-order valence-corrected chi connectivity index (χ0v) is 15.0. The molecule has 0 aromatic heterocycles. The Morgan fingerprint density at radius 2 is 1.70 bits per heavy atom. The summed E-state index contributed by atoms with van der Waals surface area (Å²) in [6.45, 7) is 7.36. The minimum absolute atomic E-state index is 0.229. The number of ketones is 1. The number of rotatable bonds is 5. The van der Waals surface area contributed by atoms with Crippen LogP contribution in [0.5, 0.6) is 0 Å². The molecule has 126 valence electrons. The SMILES string of the molecule is CC.CC(=O)C(NS(=O)(=O)C1=CC=C(C)CC1)c1ccccc1. The van der Waals surface area contributed by atoms with Gasteiger partial charge in [0.15, 0.2) is 5.78 Å². The van der Waals surface area contributed by atoms with Gasteiger partial charge >= 0.3 is 0 Å². The summed E-state index contributed by atoms with van der Waals surface area (Å²) in [5, 5.41) is 0. The fourth-order valence-electron chi connectivity index (χ4n) is 2.21. The largest absolute Gasteiger partial charge is 0.298 e. The molecular weight excluding hydrogens is 310 g/mol. The van der Waals surface area contributed by atoms with Crippen molar-refractivity contribution >= 4 is 15.8 Å². The molecule has 0 saturated heterocycles. The highest BCUT2D eigenvalue weighted by Crippen LogP contribution is 2.24. The van der Waals surface area contributed by atoms with Crippen LogP contribution < -0.4 is 4.72 Å². The summed E-state index contributed by atoms with van der Waals surface area (Å²) in [5.74, 6) is -0.229. The van der Waals surface area contributed by atoms with E-state index in [1.54, 1.807) is 30.3 Å². The highest BCUT2D eigenvalue weighted by molar-refractivity contribution is 7.93. The molecule has 0 aliphatic heterocycles. The fourth-order valence-corrected chi connectivity index (χ4v) is 3.59. The van der Waals surface area contributed by atoms with Crippen LogP contribution >= 0.6 is 0 Å². The average Bonchev–Trinajstić information content (AvgIpc) is 2.55. The molecule has 1 N–H and O–H groups in total. The Balaban J connectivity index is 0.00000127. The summed E-state index contributed by atoms with van der Waals surface area (Å²) in [6.07, 6.45) is 4.62. The number of sulfonamides is 1. The Bertz CT molecular complexity index is 688. The van der Waals surface area contributed by atoms with E-state index in [-0.39, 0.29) is 5.78 Å². The Hall–Kier alpha value is -1.72. The van der Waals surface area contributed by atoms with E-state index in [1.165, 1.54) is 6.92 Å². The van der Waals surface area contributed by atoms with Crippen molar-refractivity contribution in [2.24, 2.45) is 0 Å². The maximum atomic E-state index is 12.4. The maximum absolute atomic E-state index is 12.4. The van der Waals surface area contributed by atoms with Crippen molar-refractivity contribution in [3.8, 4) is 0 Å². The van der Waals surface area contributed by atoms with Gasteiger partial charge in [0.05, 0.1) is 4.91 Å². The third-order valence-corrected chi connectivity index (χ3v) is 5.05. The van der Waals surface area contributed by atoms with Crippen LogP contribution in [-0.2, 0) is 14.8 Å². The Kier molecular flexibility index (Phi) is 7.39. The van der Waals surface area contributed by atoms with Gasteiger partial charge in [0, 0.05) is 0 Å². The number of nitrogens with one attached hydrogen (secondary N) is 1. The van der Waals surface area contributed by atoms with Crippen LogP contribution in [-0.4, -0.2) is 14.2 Å². The number of allylic oxidation sites excluding steroid dienone is 4. The van der Waals surface area contributed by atoms with Crippen LogP contribution in [0.15, 0.2) is 53.0 Å². The molecule has 1 aromatic rings. The minimum atomic E-state index is -3.65. The molecule has 0 heterocycles. The monoisotopic (exact) mass is 335 g/mol. The normalized spacial score (nSPS) is 15.7. The molecule has 5 heteroatoms. The number of Topliss-reactive ketones (excluding diaryl/α,β-unsaturated/α-hetero) is 1. The molecule has 1 aliphatic carbocycles. The van der Waals surface area contributed by atoms with Gasteiger partial charge in [-0.1, -0.05) is 55.8 Å². The molecule has 4 nitrogen and oxygen atoms in total. The summed E-state index contributed by atoms with van der Waals surface area (Å²) in [7, 11) is -3.65. The second-order valence-corrected chi connectivity index (χ2v) is 6.99. The maximum Gasteiger partial charge on any atom is 0.237 e. The molecule has 1 unspecified atom stereocenters. The third-order valence-electron chi connectivity index (χ3n) is 3.48. The molecule has 1 atom stereocenters. The van der Waals surface area contributed by atoms with Crippen LogP contribution in [0.2, 0.25) is 0 Å². The zero-order chi connectivity index (χ0) is 17.5. The molecular formula is C18H25NO3S. The van der Waals surface area contributed by atoms with E-state index in [4.69, 9.17) is 0 Å². The number of benzene rings is 1. The van der Waals surface area contributed by atoms with E-state index in [0.29, 0.717) is 16.9 Å². The van der Waals surface area contributed by atoms with Gasteiger partial charge in [0.1, 0.15) is 6.04 Å². The predicted octanol–water partition coefficient (Wildman–Crippen LogP) is 3.89. The Morgan fingerprint density at radius 1 is 1.09 bits per heavy atom. The lowest BCUT2D eigenvalue weighted by Crippen LogP contribution is -2.33. The van der Waals surface area contributed by atoms with Crippen molar-refractivity contribution in [2.75, 3.05) is 0 Å². The number of hydrogen-bond acceptors (Lipinski definition) is 3. The van der Waals surface area contributed by atoms with Crippen molar-refractivity contribution in [1.82, 2.24) is 4.72 Å². The number of carbonyl (C=O) groups is 1. The van der Waals surface area contributed by atoms with Gasteiger partial charge in [0.25, 0.3) is 0 Å². The van der Waals surface area contributed by atoms with Gasteiger partial charge in [0.2, 0.25) is 10.0 Å². The smallest absolute Gasteiger partial charge is 0.237 e. The van der Waals surface area contributed by atoms with Crippen LogP contribution in [0.1, 0.15) is 52.1 Å². The molecule has 1 aromatic carbocycles. The second kappa shape index (κ2) is 8.79. The minimum Gasteiger partial charge on any atom is -0.298 e. The standard InChI is InChI=1S/C16H19NO3S.C2H6/c1-12-8-10-15(11-9-12)21(19,20)17-16(13(2)18)14-6-4-3-5-7-14;1-2/h3-8,10,16-17H,9,11H2,1-2H3;1-2H3. The quantitative estimate of drug-likeness (QED) is 0.888. The van der Waals surface area contributed by atoms with Crippen molar-refractivity contribution in [3.63, 3.8) is 0 Å². The molecule has 0 spiro atoms. The number of carbonyl (C=O) groups excluding carboxylic acids is 1. The van der Waals surface area contributed by atoms with Gasteiger partial charge in [-0.3, -0.25) is 4.79 Å². The Morgan fingerprint density at radius 3 is 2.17 bits per heavy atom. The molecule has 2 rings (SSSR count). The van der Waals surface area contributed by atoms with E-state index in [2.05, 4.69) is 4.72 Å². The summed E-state index contributed by atoms with van der Waals surface area (Å²) >= 11 is 0. The van der Waals surface area contributed by atoms with Crippen molar-refractivity contribution < 1.29 is 13.2 Å². The van der Waals surface area contributed by atoms with Crippen molar-refractivity contribution in [1.29, 1.82) is 0 Å². The van der Waals surface area contributed by atoms with E-state index in [0.717, 1.165) is 12.0 Å². The first kappa shape index (κ1) is 19.3. The summed E-state index contributed by atoms with van der Waals surface area (Å²) in [4.78, 5) is 12.1. The van der Waals surface area contributed by atoms with Crippen molar-refractivity contribution in [3.05, 3.63) is 58.5 Å². The van der Waals surface area contributed by atoms with E-state index in [9.17, 15) is 13.2 Å². The first-order valence-electron chi connectivity index (χ1n) is 7.84. The zero-order valence-electron chi connectivity index (χ0n) is 14.2. The summed E-state index contributed by atoms with van der Waals surface area (Å²) in [6, 6.07) is 8.04. The lowest BCUT2D eigenvalue weighted by Gasteiger charge is -2.19. The topological polar surface area (TPSA) is 63.2 Å². The lowest BCUT2D eigenvalue weighted by molar-refractivity contribution is -0.118. The van der Waals surface area contributed by atoms with Crippen LogP contribution in [0.3, 0.4) is 0 Å². The van der Waals surface area contributed by atoms with Crippen LogP contribution in [0.4, 0.5) is 0 Å². The molecule has 0 radical (unpaired) electrons. The molecule has 23 heavy (non-hydrogen) atoms. The van der Waals surface area contributed by atoms with Crippen LogP contribution in [0.25, 0.3) is 0 Å². The molecule has 0 amide bonds. The van der Waals surface area contributed by atoms with Gasteiger partial charge in [-0.25, -0.2) is 8.42 Å². The van der Waals surface area contributed by atoms with Gasteiger partial charge in [-0.05, 0) is 38.3 Å². The van der Waals surface area contributed by atoms with Gasteiger partial charge in [-0.15, -0.1) is 0 Å². The predicted molar refractivity (Wildman–Crippen MR) is 94.3 cm³/mol. The average molecular weight is 335 g/mol. The molecule has 0 fully saturated rings. The fraction of sp³-hybridized carbons (Fsp3) is 0.389. The molecule has 0 bridgehead atoms. The van der Waals surface area contributed by atoms with Crippen LogP contribution in [0, 0.1) is 0 Å². The third kappa shape index (κ3) is 5.44. The van der Waals surface area contributed by atoms with Crippen molar-refractivity contribution in [2.45, 2.75) is 46.6 Å². The van der Waals surface area contributed by atoms with Gasteiger partial charge < -0.3 is 0 Å². The van der Waals surface area contributed by atoms with Gasteiger partial charge in [-0.2, -0.15) is 4.72 Å². The van der Waals surface area contributed by atoms with E-state index >= 15 is 0 Å². The van der Waals surface area contributed by atoms with E-state index < -0.39 is 16.1 Å². The first-order valence-corrected chi connectivity index (χ1v) is 9.32. The number of hydrogen-bond donors (Lipinski definition) is 1. The summed E-state index contributed by atoms with van der Waals surface area (Å²) < 4.78 is 27.4. The lowest BCUT2D eigenvalue weighted by atomic mass is 10.1. The summed E-state index contributed by atoms with van der Waals surface area (Å²) in [5.41, 5.74) is 1.80. The Labute approximate surface area is 139 Å². The second-order valence-electron chi connectivity index (χ2n) is 5.22.